The number of aromatic nitrogens is 3. The van der Waals surface area contributed by atoms with Crippen molar-refractivity contribution in [3.05, 3.63) is 52.8 Å². The predicted molar refractivity (Wildman–Crippen MR) is 100 cm³/mol. The van der Waals surface area contributed by atoms with E-state index in [1.165, 1.54) is 0 Å². The number of H-pyrrole nitrogens is 1. The summed E-state index contributed by atoms with van der Waals surface area (Å²) < 4.78 is 0.930. The average Bonchev–Trinajstić information content (AvgIpc) is 3.23. The Morgan fingerprint density at radius 1 is 1.35 bits per heavy atom. The second kappa shape index (κ2) is 6.87. The number of nitrogens with one attached hydrogen (secondary N) is 2. The van der Waals surface area contributed by atoms with Gasteiger partial charge in [0.25, 0.3) is 0 Å². The van der Waals surface area contributed by atoms with Crippen molar-refractivity contribution in [1.29, 1.82) is 0 Å². The quantitative estimate of drug-likeness (QED) is 0.686. The Kier molecular flexibility index (Phi) is 4.42. The van der Waals surface area contributed by atoms with Gasteiger partial charge in [-0.05, 0) is 30.3 Å². The minimum atomic E-state index is -0.395. The molecular weight excluding hydrogens is 398 g/mol. The van der Waals surface area contributed by atoms with Crippen LogP contribution in [0.15, 0.2) is 47.1 Å². The first-order valence-corrected chi connectivity index (χ1v) is 9.03. The molecule has 2 aromatic heterocycles. The van der Waals surface area contributed by atoms with Gasteiger partial charge in [-0.3, -0.25) is 24.6 Å². The summed E-state index contributed by atoms with van der Waals surface area (Å²) in [6, 6.07) is 11.3. The van der Waals surface area contributed by atoms with E-state index in [0.29, 0.717) is 18.9 Å². The Bertz CT molecular complexity index is 972. The lowest BCUT2D eigenvalue weighted by molar-refractivity contribution is -0.126. The van der Waals surface area contributed by atoms with Crippen molar-refractivity contribution in [3.63, 3.8) is 0 Å². The molecule has 8 heteroatoms. The third-order valence-electron chi connectivity index (χ3n) is 4.43. The van der Waals surface area contributed by atoms with Gasteiger partial charge in [-0.25, -0.2) is 0 Å². The summed E-state index contributed by atoms with van der Waals surface area (Å²) in [6.07, 6.45) is 1.86. The Morgan fingerprint density at radius 3 is 3.04 bits per heavy atom. The highest BCUT2D eigenvalue weighted by molar-refractivity contribution is 9.10. The molecule has 0 saturated carbocycles. The SMILES string of the molecule is O=C(NCc1ccccn1)[C@@H]1CC(=O)N(c2n[nH]c3cc(Br)ccc23)C1. The van der Waals surface area contributed by atoms with Gasteiger partial charge < -0.3 is 5.32 Å². The molecule has 0 radical (unpaired) electrons. The predicted octanol–water partition coefficient (Wildman–Crippen LogP) is 2.39. The van der Waals surface area contributed by atoms with E-state index in [1.54, 1.807) is 11.1 Å². The first-order valence-electron chi connectivity index (χ1n) is 8.23. The molecule has 1 aromatic carbocycles. The molecule has 3 heterocycles. The highest BCUT2D eigenvalue weighted by Crippen LogP contribution is 2.31. The van der Waals surface area contributed by atoms with Crippen LogP contribution < -0.4 is 10.2 Å². The van der Waals surface area contributed by atoms with Gasteiger partial charge in [0.15, 0.2) is 5.82 Å². The van der Waals surface area contributed by atoms with E-state index in [0.717, 1.165) is 21.1 Å². The molecule has 132 valence electrons. The van der Waals surface area contributed by atoms with Crippen LogP contribution in [0.25, 0.3) is 10.9 Å². The molecule has 26 heavy (non-hydrogen) atoms. The van der Waals surface area contributed by atoms with Crippen LogP contribution in [0.2, 0.25) is 0 Å². The van der Waals surface area contributed by atoms with Gasteiger partial charge in [-0.1, -0.05) is 22.0 Å². The van der Waals surface area contributed by atoms with Crippen molar-refractivity contribution in [2.24, 2.45) is 5.92 Å². The van der Waals surface area contributed by atoms with Gasteiger partial charge >= 0.3 is 0 Å². The normalized spacial score (nSPS) is 17.0. The van der Waals surface area contributed by atoms with Crippen LogP contribution in [0.1, 0.15) is 12.1 Å². The van der Waals surface area contributed by atoms with Gasteiger partial charge in [0.05, 0.1) is 23.7 Å². The van der Waals surface area contributed by atoms with Crippen molar-refractivity contribution in [2.75, 3.05) is 11.4 Å². The number of pyridine rings is 1. The number of anilines is 1. The zero-order valence-electron chi connectivity index (χ0n) is 13.8. The highest BCUT2D eigenvalue weighted by atomic mass is 79.9. The number of halogens is 1. The molecule has 2 amide bonds. The van der Waals surface area contributed by atoms with E-state index in [-0.39, 0.29) is 18.2 Å². The van der Waals surface area contributed by atoms with Crippen molar-refractivity contribution < 1.29 is 9.59 Å². The number of hydrogen-bond acceptors (Lipinski definition) is 4. The van der Waals surface area contributed by atoms with Crippen LogP contribution in [0.4, 0.5) is 5.82 Å². The number of hydrogen-bond donors (Lipinski definition) is 2. The van der Waals surface area contributed by atoms with Crippen molar-refractivity contribution in [3.8, 4) is 0 Å². The summed E-state index contributed by atoms with van der Waals surface area (Å²) in [7, 11) is 0. The highest BCUT2D eigenvalue weighted by Gasteiger charge is 2.36. The maximum Gasteiger partial charge on any atom is 0.229 e. The van der Waals surface area contributed by atoms with E-state index < -0.39 is 5.92 Å². The largest absolute Gasteiger partial charge is 0.350 e. The zero-order chi connectivity index (χ0) is 18.1. The zero-order valence-corrected chi connectivity index (χ0v) is 15.4. The summed E-state index contributed by atoms with van der Waals surface area (Å²) in [6.45, 7) is 0.673. The number of carbonyl (C=O) groups is 2. The van der Waals surface area contributed by atoms with Crippen LogP contribution in [0.3, 0.4) is 0 Å². The van der Waals surface area contributed by atoms with Gasteiger partial charge in [0, 0.05) is 29.0 Å². The fraction of sp³-hybridized carbons (Fsp3) is 0.222. The molecule has 1 fully saturated rings. The fourth-order valence-corrected chi connectivity index (χ4v) is 3.46. The lowest BCUT2D eigenvalue weighted by Crippen LogP contribution is -2.33. The monoisotopic (exact) mass is 413 g/mol. The fourth-order valence-electron chi connectivity index (χ4n) is 3.10. The number of amides is 2. The van der Waals surface area contributed by atoms with Gasteiger partial charge in [-0.15, -0.1) is 0 Å². The number of benzene rings is 1. The number of fused-ring (bicyclic) bond motifs is 1. The van der Waals surface area contributed by atoms with Crippen LogP contribution in [-0.4, -0.2) is 33.5 Å². The summed E-state index contributed by atoms with van der Waals surface area (Å²) in [5.74, 6) is -0.0701. The molecule has 2 N–H and O–H groups in total. The van der Waals surface area contributed by atoms with Crippen LogP contribution in [-0.2, 0) is 16.1 Å². The van der Waals surface area contributed by atoms with Gasteiger partial charge in [-0.2, -0.15) is 5.10 Å². The maximum atomic E-state index is 12.4. The topological polar surface area (TPSA) is 91.0 Å². The van der Waals surface area contributed by atoms with Gasteiger partial charge in [0.1, 0.15) is 0 Å². The molecular formula is C18H16BrN5O2. The first-order chi connectivity index (χ1) is 12.6. The average molecular weight is 414 g/mol. The lowest BCUT2D eigenvalue weighted by atomic mass is 10.1. The molecule has 7 nitrogen and oxygen atoms in total. The van der Waals surface area contributed by atoms with E-state index in [2.05, 4.69) is 36.4 Å². The molecule has 1 atom stereocenters. The Balaban J connectivity index is 1.47. The summed E-state index contributed by atoms with van der Waals surface area (Å²) >= 11 is 3.42. The molecule has 0 spiro atoms. The smallest absolute Gasteiger partial charge is 0.229 e. The summed E-state index contributed by atoms with van der Waals surface area (Å²) in [4.78, 5) is 30.6. The Morgan fingerprint density at radius 2 is 2.23 bits per heavy atom. The van der Waals surface area contributed by atoms with Crippen molar-refractivity contribution in [2.45, 2.75) is 13.0 Å². The van der Waals surface area contributed by atoms with E-state index >= 15 is 0 Å². The summed E-state index contributed by atoms with van der Waals surface area (Å²) in [5, 5.41) is 10.9. The van der Waals surface area contributed by atoms with Crippen LogP contribution >= 0.6 is 15.9 Å². The minimum absolute atomic E-state index is 0.0979. The third-order valence-corrected chi connectivity index (χ3v) is 4.92. The number of rotatable bonds is 4. The van der Waals surface area contributed by atoms with Gasteiger partial charge in [0.2, 0.25) is 11.8 Å². The standard InChI is InChI=1S/C18H16BrN5O2/c19-12-4-5-14-15(8-12)22-23-17(14)24-10-11(7-16(24)25)18(26)21-9-13-3-1-2-6-20-13/h1-6,8,11H,7,9-10H2,(H,21,26)(H,22,23)/t11-/m1/s1. The molecule has 0 unspecified atom stereocenters. The van der Waals surface area contributed by atoms with E-state index in [4.69, 9.17) is 0 Å². The number of aromatic amines is 1. The third kappa shape index (κ3) is 3.20. The first kappa shape index (κ1) is 16.7. The minimum Gasteiger partial charge on any atom is -0.350 e. The van der Waals surface area contributed by atoms with Crippen molar-refractivity contribution in [1.82, 2.24) is 20.5 Å². The second-order valence-electron chi connectivity index (χ2n) is 6.18. The Hall–Kier alpha value is -2.74. The molecule has 0 bridgehead atoms. The molecule has 1 aliphatic heterocycles. The molecule has 3 aromatic rings. The Labute approximate surface area is 157 Å². The number of carbonyl (C=O) groups excluding carboxylic acids is 2. The van der Waals surface area contributed by atoms with Crippen LogP contribution in [0.5, 0.6) is 0 Å². The number of nitrogens with zero attached hydrogens (tertiary/aromatic N) is 3. The lowest BCUT2D eigenvalue weighted by Gasteiger charge is -2.14. The molecule has 0 aliphatic carbocycles. The summed E-state index contributed by atoms with van der Waals surface area (Å²) in [5.41, 5.74) is 1.62. The van der Waals surface area contributed by atoms with E-state index in [9.17, 15) is 9.59 Å². The molecule has 1 aliphatic rings. The second-order valence-corrected chi connectivity index (χ2v) is 7.10. The van der Waals surface area contributed by atoms with Crippen LogP contribution in [0, 0.1) is 5.92 Å². The molecule has 1 saturated heterocycles. The maximum absolute atomic E-state index is 12.4. The molecule has 4 rings (SSSR count). The van der Waals surface area contributed by atoms with Crippen molar-refractivity contribution >= 4 is 44.5 Å². The van der Waals surface area contributed by atoms with E-state index in [1.807, 2.05) is 36.4 Å².